The predicted octanol–water partition coefficient (Wildman–Crippen LogP) is 17.1. The van der Waals surface area contributed by atoms with Gasteiger partial charge < -0.3 is 53.6 Å². The maximum atomic E-state index is 12.4. The summed E-state index contributed by atoms with van der Waals surface area (Å²) in [4.78, 5) is 49.1. The topological polar surface area (TPSA) is 214 Å². The van der Waals surface area contributed by atoms with Crippen LogP contribution in [0.3, 0.4) is 0 Å². The molecule has 0 saturated carbocycles. The third kappa shape index (κ3) is 30.9. The zero-order valence-corrected chi connectivity index (χ0v) is 62.3. The summed E-state index contributed by atoms with van der Waals surface area (Å²) >= 11 is 0. The third-order valence-electron chi connectivity index (χ3n) is 16.6. The van der Waals surface area contributed by atoms with Gasteiger partial charge in [-0.1, -0.05) is 186 Å². The maximum Gasteiger partial charge on any atom is 0.306 e. The molecule has 4 aromatic rings. The van der Waals surface area contributed by atoms with E-state index in [9.17, 15) is 39.6 Å². The Morgan fingerprint density at radius 2 is 0.474 bits per heavy atom. The van der Waals surface area contributed by atoms with E-state index in [-0.39, 0.29) is 95.6 Å². The van der Waals surface area contributed by atoms with Crippen molar-refractivity contribution in [3.8, 4) is 23.0 Å². The first kappa shape index (κ1) is 83.1. The lowest BCUT2D eigenvalue weighted by Gasteiger charge is -2.28. The standard InChI is InChI=1S/C46H74O7.C34H50O8/c1-43(2,3)35-29-33(30-36(41(35)49)44(4,5)6)21-23-39(47)52-27-19-15-13-17-25-51-26-18-14-16-20-28-53-40(48)24-22-34-31-37(45(7,8)9)42(50)38(32-34)46(10,11)12;1-23-19-25(21-27(31(23)37)33(3,4)5)9-11-29(35)41-17-15-39-13-14-40-16-18-42-30(36)12-10-26-20-24(2)32(38)28(22-26)34(6,7)8/h29-32,49-50H,13-28H2,1-12H3;19-22,37-38H,9-18H2,1-8H3. The molecule has 15 heteroatoms. The molecule has 0 aliphatic carbocycles. The molecule has 0 fully saturated rings. The first-order valence-corrected chi connectivity index (χ1v) is 34.9. The van der Waals surface area contributed by atoms with Crippen LogP contribution in [0.2, 0.25) is 0 Å². The number of ether oxygens (including phenoxy) is 7. The zero-order chi connectivity index (χ0) is 71.5. The molecule has 0 bridgehead atoms. The minimum absolute atomic E-state index is 0.163. The van der Waals surface area contributed by atoms with Crippen molar-refractivity contribution in [1.82, 2.24) is 0 Å². The molecule has 0 unspecified atom stereocenters. The Bertz CT molecular complexity index is 2770. The Morgan fingerprint density at radius 3 is 0.726 bits per heavy atom. The van der Waals surface area contributed by atoms with E-state index in [1.807, 2.05) is 104 Å². The van der Waals surface area contributed by atoms with Crippen molar-refractivity contribution >= 4 is 23.9 Å². The molecule has 0 spiro atoms. The number of hydrogen-bond donors (Lipinski definition) is 4. The van der Waals surface area contributed by atoms with E-state index in [2.05, 4.69) is 83.1 Å². The number of aryl methyl sites for hydroxylation is 6. The molecule has 4 rings (SSSR count). The number of phenolic OH excluding ortho intramolecular Hbond substituents is 4. The first-order chi connectivity index (χ1) is 44.1. The van der Waals surface area contributed by atoms with Crippen molar-refractivity contribution in [1.29, 1.82) is 0 Å². The predicted molar refractivity (Wildman–Crippen MR) is 381 cm³/mol. The van der Waals surface area contributed by atoms with Crippen LogP contribution in [0.25, 0.3) is 0 Å². The molecule has 0 aliphatic rings. The minimum Gasteiger partial charge on any atom is -0.507 e. The summed E-state index contributed by atoms with van der Waals surface area (Å²) < 4.78 is 38.2. The number of hydrogen-bond acceptors (Lipinski definition) is 15. The second-order valence-electron chi connectivity index (χ2n) is 31.7. The first-order valence-electron chi connectivity index (χ1n) is 34.9. The lowest BCUT2D eigenvalue weighted by Crippen LogP contribution is -2.18. The van der Waals surface area contributed by atoms with Crippen molar-refractivity contribution in [3.05, 3.63) is 115 Å². The van der Waals surface area contributed by atoms with Gasteiger partial charge in [-0.25, -0.2) is 0 Å². The second kappa shape index (κ2) is 38.7. The van der Waals surface area contributed by atoms with Gasteiger partial charge in [0.2, 0.25) is 0 Å². The van der Waals surface area contributed by atoms with Crippen molar-refractivity contribution < 1.29 is 72.8 Å². The van der Waals surface area contributed by atoms with Crippen LogP contribution in [0.1, 0.15) is 268 Å². The lowest BCUT2D eigenvalue weighted by atomic mass is 9.78. The Morgan fingerprint density at radius 1 is 0.274 bits per heavy atom. The van der Waals surface area contributed by atoms with Crippen LogP contribution >= 0.6 is 0 Å². The molecule has 0 atom stereocenters. The monoisotopic (exact) mass is 1320 g/mol. The molecule has 0 aliphatic heterocycles. The van der Waals surface area contributed by atoms with Crippen LogP contribution in [0.4, 0.5) is 0 Å². The molecule has 0 saturated heterocycles. The van der Waals surface area contributed by atoms with Gasteiger partial charge in [-0.2, -0.15) is 0 Å². The van der Waals surface area contributed by atoms with Gasteiger partial charge >= 0.3 is 23.9 Å². The van der Waals surface area contributed by atoms with Gasteiger partial charge in [-0.05, 0) is 177 Å². The van der Waals surface area contributed by atoms with Gasteiger partial charge in [0, 0.05) is 38.9 Å². The Labute approximate surface area is 572 Å². The van der Waals surface area contributed by atoms with Crippen LogP contribution < -0.4 is 0 Å². The number of carbonyl (C=O) groups excluding carboxylic acids is 4. The number of unbranched alkanes of at least 4 members (excludes halogenated alkanes) is 6. The molecule has 4 N–H and O–H groups in total. The fourth-order valence-electron chi connectivity index (χ4n) is 10.9. The summed E-state index contributed by atoms with van der Waals surface area (Å²) in [5.41, 5.74) is 9.93. The Hall–Kier alpha value is -6.16. The molecular formula is C80H124O15. The van der Waals surface area contributed by atoms with E-state index in [4.69, 9.17) is 33.2 Å². The van der Waals surface area contributed by atoms with E-state index in [0.29, 0.717) is 88.0 Å². The SMILES string of the molecule is CC(C)(C)c1cc(CCC(=O)OCCCCCCOCCCCCCOC(=O)CCc2cc(C(C)(C)C)c(O)c(C(C)(C)C)c2)cc(C(C)(C)C)c1O.Cc1cc(CCC(=O)OCCOCCOCCOC(=O)CCc2cc(C)c(O)c(C(C)(C)C)c2)cc(C(C)(C)C)c1O. The maximum absolute atomic E-state index is 12.4. The van der Waals surface area contributed by atoms with Crippen molar-refractivity contribution in [2.45, 2.75) is 274 Å². The number of aromatic hydroxyl groups is 4. The van der Waals surface area contributed by atoms with Gasteiger partial charge in [0.25, 0.3) is 0 Å². The molecular weight excluding hydrogens is 1200 g/mol. The number of carbonyl (C=O) groups is 4. The van der Waals surface area contributed by atoms with Crippen molar-refractivity contribution in [2.75, 3.05) is 66.1 Å². The highest BCUT2D eigenvalue weighted by Gasteiger charge is 2.29. The molecule has 95 heavy (non-hydrogen) atoms. The fraction of sp³-hybridized carbons (Fsp3) is 0.650. The number of benzene rings is 4. The molecule has 15 nitrogen and oxygen atoms in total. The van der Waals surface area contributed by atoms with E-state index in [0.717, 1.165) is 131 Å². The van der Waals surface area contributed by atoms with Crippen molar-refractivity contribution in [2.24, 2.45) is 0 Å². The molecule has 4 aromatic carbocycles. The van der Waals surface area contributed by atoms with Gasteiger partial charge in [-0.15, -0.1) is 0 Å². The smallest absolute Gasteiger partial charge is 0.306 e. The van der Waals surface area contributed by atoms with Crippen LogP contribution in [0.5, 0.6) is 23.0 Å². The quantitative estimate of drug-likeness (QED) is 0.0192. The van der Waals surface area contributed by atoms with E-state index < -0.39 is 0 Å². The molecule has 0 aromatic heterocycles. The number of phenols is 4. The summed E-state index contributed by atoms with van der Waals surface area (Å²) in [5.74, 6) is 0.389. The van der Waals surface area contributed by atoms with Gasteiger partial charge in [0.05, 0.1) is 39.6 Å². The zero-order valence-electron chi connectivity index (χ0n) is 62.3. The normalized spacial score (nSPS) is 12.3. The van der Waals surface area contributed by atoms with E-state index in [1.165, 1.54) is 0 Å². The highest BCUT2D eigenvalue weighted by molar-refractivity contribution is 5.71. The van der Waals surface area contributed by atoms with E-state index >= 15 is 0 Å². The average molecular weight is 1330 g/mol. The Balaban J connectivity index is 0.000000509. The lowest BCUT2D eigenvalue weighted by molar-refractivity contribution is -0.146. The summed E-state index contributed by atoms with van der Waals surface area (Å²) in [5, 5.41) is 42.6. The summed E-state index contributed by atoms with van der Waals surface area (Å²) in [6, 6.07) is 15.9. The van der Waals surface area contributed by atoms with Crippen LogP contribution in [0, 0.1) is 13.8 Å². The van der Waals surface area contributed by atoms with Gasteiger partial charge in [-0.3, -0.25) is 19.2 Å². The molecule has 534 valence electrons. The third-order valence-corrected chi connectivity index (χ3v) is 16.6. The fourth-order valence-corrected chi connectivity index (χ4v) is 10.9. The largest absolute Gasteiger partial charge is 0.507 e. The van der Waals surface area contributed by atoms with Gasteiger partial charge in [0.1, 0.15) is 36.2 Å². The van der Waals surface area contributed by atoms with Crippen molar-refractivity contribution in [3.63, 3.8) is 0 Å². The number of esters is 4. The minimum atomic E-state index is -0.296. The van der Waals surface area contributed by atoms with E-state index in [1.54, 1.807) is 0 Å². The van der Waals surface area contributed by atoms with Gasteiger partial charge in [0.15, 0.2) is 0 Å². The highest BCUT2D eigenvalue weighted by Crippen LogP contribution is 2.42. The summed E-state index contributed by atoms with van der Waals surface area (Å²) in [7, 11) is 0. The summed E-state index contributed by atoms with van der Waals surface area (Å²) in [6.07, 6.45) is 11.2. The summed E-state index contributed by atoms with van der Waals surface area (Å²) in [6.45, 7) is 45.1. The molecule has 0 amide bonds. The van der Waals surface area contributed by atoms with Crippen LogP contribution in [-0.4, -0.2) is 110 Å². The molecule has 0 heterocycles. The van der Waals surface area contributed by atoms with Crippen LogP contribution in [-0.2, 0) is 111 Å². The molecule has 0 radical (unpaired) electrons. The number of rotatable bonds is 35. The van der Waals surface area contributed by atoms with Crippen LogP contribution in [0.15, 0.2) is 48.5 Å². The Kier molecular flexibility index (Phi) is 33.8. The second-order valence-corrected chi connectivity index (χ2v) is 31.7. The highest BCUT2D eigenvalue weighted by atomic mass is 16.6. The average Bonchev–Trinajstić information content (AvgIpc) is 0.802.